The SMILES string of the molecule is CN1CCN(C(=O)c2ccc(NCc3ccccn3)nn2)CC1. The van der Waals surface area contributed by atoms with Gasteiger partial charge in [0.1, 0.15) is 5.82 Å². The molecule has 0 aromatic carbocycles. The molecule has 1 saturated heterocycles. The van der Waals surface area contributed by atoms with Crippen LogP contribution in [-0.2, 0) is 6.54 Å². The first-order valence-electron chi connectivity index (χ1n) is 7.68. The number of rotatable bonds is 4. The molecule has 3 rings (SSSR count). The van der Waals surface area contributed by atoms with E-state index in [2.05, 4.69) is 32.4 Å². The van der Waals surface area contributed by atoms with Crippen molar-refractivity contribution in [3.8, 4) is 0 Å². The Hall–Kier alpha value is -2.54. The number of anilines is 1. The molecule has 0 spiro atoms. The van der Waals surface area contributed by atoms with E-state index >= 15 is 0 Å². The summed E-state index contributed by atoms with van der Waals surface area (Å²) in [6.45, 7) is 3.82. The molecule has 7 heteroatoms. The Morgan fingerprint density at radius 1 is 1.13 bits per heavy atom. The molecule has 2 aromatic rings. The summed E-state index contributed by atoms with van der Waals surface area (Å²) in [5, 5.41) is 11.3. The van der Waals surface area contributed by atoms with Gasteiger partial charge in [-0.3, -0.25) is 9.78 Å². The summed E-state index contributed by atoms with van der Waals surface area (Å²) in [5.41, 5.74) is 1.31. The molecular formula is C16H20N6O. The third kappa shape index (κ3) is 4.01. The van der Waals surface area contributed by atoms with Gasteiger partial charge in [-0.15, -0.1) is 10.2 Å². The molecule has 3 heterocycles. The molecule has 0 atom stereocenters. The standard InChI is InChI=1S/C16H20N6O/c1-21-8-10-22(11-9-21)16(23)14-5-6-15(20-19-14)18-12-13-4-2-3-7-17-13/h2-7H,8-12H2,1H3,(H,18,20). The lowest BCUT2D eigenvalue weighted by Crippen LogP contribution is -2.47. The van der Waals surface area contributed by atoms with E-state index in [9.17, 15) is 4.79 Å². The predicted octanol–water partition coefficient (Wildman–Crippen LogP) is 0.871. The van der Waals surface area contributed by atoms with Gasteiger partial charge in [-0.25, -0.2) is 0 Å². The Morgan fingerprint density at radius 3 is 2.61 bits per heavy atom. The summed E-state index contributed by atoms with van der Waals surface area (Å²) in [6.07, 6.45) is 1.75. The zero-order valence-electron chi connectivity index (χ0n) is 13.1. The third-order valence-corrected chi connectivity index (χ3v) is 3.85. The minimum atomic E-state index is -0.0538. The lowest BCUT2D eigenvalue weighted by atomic mass is 10.2. The van der Waals surface area contributed by atoms with Gasteiger partial charge in [0.05, 0.1) is 12.2 Å². The van der Waals surface area contributed by atoms with Crippen LogP contribution in [0.2, 0.25) is 0 Å². The zero-order valence-corrected chi connectivity index (χ0v) is 13.1. The van der Waals surface area contributed by atoms with Gasteiger partial charge in [-0.05, 0) is 31.3 Å². The summed E-state index contributed by atoms with van der Waals surface area (Å²) in [6, 6.07) is 9.24. The van der Waals surface area contributed by atoms with Crippen LogP contribution in [0.25, 0.3) is 0 Å². The van der Waals surface area contributed by atoms with Crippen LogP contribution in [0.15, 0.2) is 36.5 Å². The Morgan fingerprint density at radius 2 is 1.96 bits per heavy atom. The lowest BCUT2D eigenvalue weighted by Gasteiger charge is -2.32. The molecule has 1 fully saturated rings. The molecule has 0 unspecified atom stereocenters. The largest absolute Gasteiger partial charge is 0.363 e. The molecule has 120 valence electrons. The fraction of sp³-hybridized carbons (Fsp3) is 0.375. The maximum absolute atomic E-state index is 12.4. The average Bonchev–Trinajstić information content (AvgIpc) is 2.61. The van der Waals surface area contributed by atoms with Crippen LogP contribution in [0.5, 0.6) is 0 Å². The number of nitrogens with zero attached hydrogens (tertiary/aromatic N) is 5. The van der Waals surface area contributed by atoms with E-state index < -0.39 is 0 Å². The molecule has 7 nitrogen and oxygen atoms in total. The van der Waals surface area contributed by atoms with Crippen molar-refractivity contribution in [1.29, 1.82) is 0 Å². The number of hydrogen-bond acceptors (Lipinski definition) is 6. The van der Waals surface area contributed by atoms with Crippen molar-refractivity contribution >= 4 is 11.7 Å². The van der Waals surface area contributed by atoms with Crippen LogP contribution in [0.4, 0.5) is 5.82 Å². The van der Waals surface area contributed by atoms with E-state index in [1.165, 1.54) is 0 Å². The highest BCUT2D eigenvalue weighted by Crippen LogP contribution is 2.08. The number of nitrogens with one attached hydrogen (secondary N) is 1. The van der Waals surface area contributed by atoms with Gasteiger partial charge >= 0.3 is 0 Å². The quantitative estimate of drug-likeness (QED) is 0.903. The number of pyridine rings is 1. The van der Waals surface area contributed by atoms with Gasteiger partial charge in [0.25, 0.3) is 5.91 Å². The molecule has 0 radical (unpaired) electrons. The maximum Gasteiger partial charge on any atom is 0.274 e. The van der Waals surface area contributed by atoms with Crippen molar-refractivity contribution in [2.24, 2.45) is 0 Å². The minimum absolute atomic E-state index is 0.0538. The molecule has 1 N–H and O–H groups in total. The van der Waals surface area contributed by atoms with Gasteiger partial charge in [0.2, 0.25) is 0 Å². The Bertz CT molecular complexity index is 637. The molecule has 1 amide bonds. The number of amides is 1. The summed E-state index contributed by atoms with van der Waals surface area (Å²) in [5.74, 6) is 0.576. The van der Waals surface area contributed by atoms with E-state index in [-0.39, 0.29) is 5.91 Å². The van der Waals surface area contributed by atoms with Gasteiger partial charge in [0, 0.05) is 32.4 Å². The normalized spacial score (nSPS) is 15.4. The monoisotopic (exact) mass is 312 g/mol. The summed E-state index contributed by atoms with van der Waals surface area (Å²) in [4.78, 5) is 20.6. The predicted molar refractivity (Wildman–Crippen MR) is 87.0 cm³/mol. The second-order valence-corrected chi connectivity index (χ2v) is 5.57. The van der Waals surface area contributed by atoms with Crippen molar-refractivity contribution < 1.29 is 4.79 Å². The number of hydrogen-bond donors (Lipinski definition) is 1. The first-order chi connectivity index (χ1) is 11.2. The summed E-state index contributed by atoms with van der Waals surface area (Å²) in [7, 11) is 2.06. The third-order valence-electron chi connectivity index (χ3n) is 3.85. The lowest BCUT2D eigenvalue weighted by molar-refractivity contribution is 0.0657. The molecule has 1 aliphatic rings. The van der Waals surface area contributed by atoms with Crippen molar-refractivity contribution in [2.45, 2.75) is 6.54 Å². The Kier molecular flexibility index (Phi) is 4.77. The molecule has 2 aromatic heterocycles. The molecule has 0 aliphatic carbocycles. The molecular weight excluding hydrogens is 292 g/mol. The number of carbonyl (C=O) groups is 1. The smallest absolute Gasteiger partial charge is 0.274 e. The van der Waals surface area contributed by atoms with Crippen molar-refractivity contribution in [3.05, 3.63) is 47.9 Å². The molecule has 0 bridgehead atoms. The van der Waals surface area contributed by atoms with Gasteiger partial charge in [0.15, 0.2) is 5.69 Å². The van der Waals surface area contributed by atoms with Crippen LogP contribution in [0, 0.1) is 0 Å². The molecule has 0 saturated carbocycles. The van der Waals surface area contributed by atoms with E-state index in [1.54, 1.807) is 18.3 Å². The average molecular weight is 312 g/mol. The van der Waals surface area contributed by atoms with Crippen LogP contribution in [-0.4, -0.2) is 64.1 Å². The summed E-state index contributed by atoms with van der Waals surface area (Å²) < 4.78 is 0. The number of likely N-dealkylation sites (N-methyl/N-ethyl adjacent to an activating group) is 1. The minimum Gasteiger partial charge on any atom is -0.363 e. The first kappa shape index (κ1) is 15.4. The number of aromatic nitrogens is 3. The Labute approximate surface area is 135 Å². The van der Waals surface area contributed by atoms with Crippen LogP contribution >= 0.6 is 0 Å². The topological polar surface area (TPSA) is 74.2 Å². The van der Waals surface area contributed by atoms with Gasteiger partial charge in [-0.2, -0.15) is 0 Å². The first-order valence-corrected chi connectivity index (χ1v) is 7.68. The Balaban J connectivity index is 1.57. The van der Waals surface area contributed by atoms with Crippen LogP contribution in [0.3, 0.4) is 0 Å². The van der Waals surface area contributed by atoms with E-state index in [4.69, 9.17) is 0 Å². The van der Waals surface area contributed by atoms with Crippen molar-refractivity contribution in [1.82, 2.24) is 25.0 Å². The second-order valence-electron chi connectivity index (χ2n) is 5.57. The second kappa shape index (κ2) is 7.15. The van der Waals surface area contributed by atoms with E-state index in [0.29, 0.717) is 18.1 Å². The highest BCUT2D eigenvalue weighted by Gasteiger charge is 2.21. The van der Waals surface area contributed by atoms with Crippen molar-refractivity contribution in [3.63, 3.8) is 0 Å². The number of carbonyl (C=O) groups excluding carboxylic acids is 1. The molecule has 1 aliphatic heterocycles. The van der Waals surface area contributed by atoms with E-state index in [0.717, 1.165) is 31.9 Å². The highest BCUT2D eigenvalue weighted by molar-refractivity contribution is 5.92. The highest BCUT2D eigenvalue weighted by atomic mass is 16.2. The van der Waals surface area contributed by atoms with Crippen molar-refractivity contribution in [2.75, 3.05) is 38.5 Å². The van der Waals surface area contributed by atoms with E-state index in [1.807, 2.05) is 23.1 Å². The fourth-order valence-electron chi connectivity index (χ4n) is 2.40. The maximum atomic E-state index is 12.4. The van der Waals surface area contributed by atoms with Gasteiger partial charge in [-0.1, -0.05) is 6.07 Å². The van der Waals surface area contributed by atoms with Crippen LogP contribution < -0.4 is 5.32 Å². The zero-order chi connectivity index (χ0) is 16.1. The fourth-order valence-corrected chi connectivity index (χ4v) is 2.40. The van der Waals surface area contributed by atoms with Gasteiger partial charge < -0.3 is 15.1 Å². The molecule has 23 heavy (non-hydrogen) atoms. The number of piperazine rings is 1. The van der Waals surface area contributed by atoms with Crippen LogP contribution in [0.1, 0.15) is 16.2 Å². The summed E-state index contributed by atoms with van der Waals surface area (Å²) >= 11 is 0.